The lowest BCUT2D eigenvalue weighted by atomic mass is 10.2. The van der Waals surface area contributed by atoms with E-state index in [4.69, 9.17) is 0 Å². The van der Waals surface area contributed by atoms with E-state index in [1.54, 1.807) is 22.9 Å². The Morgan fingerprint density at radius 3 is 2.70 bits per heavy atom. The molecule has 0 spiro atoms. The molecule has 2 heterocycles. The Labute approximate surface area is 147 Å². The maximum absolute atomic E-state index is 12.1. The summed E-state index contributed by atoms with van der Waals surface area (Å²) in [5, 5.41) is 4.06. The Hall–Kier alpha value is -1.96. The zero-order valence-corrected chi connectivity index (χ0v) is 15.3. The van der Waals surface area contributed by atoms with Gasteiger partial charge in [-0.3, -0.25) is 9.36 Å². The molecular weight excluding hydrogens is 403 g/mol. The summed E-state index contributed by atoms with van der Waals surface area (Å²) in [5.41, 5.74) is 2.74. The molecular formula is C17H17IN4O. The van der Waals surface area contributed by atoms with Crippen LogP contribution in [0, 0.1) is 10.5 Å². The van der Waals surface area contributed by atoms with Crippen molar-refractivity contribution in [2.24, 2.45) is 0 Å². The lowest BCUT2D eigenvalue weighted by Crippen LogP contribution is -2.22. The molecule has 0 unspecified atom stereocenters. The van der Waals surface area contributed by atoms with Crippen LogP contribution < -0.4 is 10.9 Å². The molecule has 0 aliphatic rings. The molecule has 1 N–H and O–H groups in total. The van der Waals surface area contributed by atoms with Gasteiger partial charge in [0.05, 0.1) is 0 Å². The van der Waals surface area contributed by atoms with Gasteiger partial charge in [-0.05, 0) is 67.1 Å². The first-order valence-electron chi connectivity index (χ1n) is 7.37. The van der Waals surface area contributed by atoms with Crippen molar-refractivity contribution in [2.75, 3.05) is 5.32 Å². The number of anilines is 2. The average Bonchev–Trinajstić information content (AvgIpc) is 2.50. The van der Waals surface area contributed by atoms with Crippen LogP contribution in [0.2, 0.25) is 0 Å². The summed E-state index contributed by atoms with van der Waals surface area (Å²) in [7, 11) is 0. The number of benzene rings is 1. The van der Waals surface area contributed by atoms with E-state index in [1.807, 2.05) is 26.0 Å². The van der Waals surface area contributed by atoms with E-state index in [0.717, 1.165) is 11.1 Å². The van der Waals surface area contributed by atoms with Gasteiger partial charge in [-0.2, -0.15) is 4.98 Å². The van der Waals surface area contributed by atoms with Gasteiger partial charge >= 0.3 is 0 Å². The first-order chi connectivity index (χ1) is 11.0. The zero-order chi connectivity index (χ0) is 16.6. The number of rotatable bonds is 3. The van der Waals surface area contributed by atoms with E-state index >= 15 is 0 Å². The average molecular weight is 420 g/mol. The summed E-state index contributed by atoms with van der Waals surface area (Å²) in [6.45, 7) is 6.01. The standard InChI is InChI=1S/C17H17IN4O/c1-10(2)22-15(23)7-5-12-9-19-17(21-16(12)22)20-13-6-4-11(3)14(18)8-13/h4-10H,1-3H3,(H,19,20,21). The summed E-state index contributed by atoms with van der Waals surface area (Å²) in [5.74, 6) is 0.483. The number of nitrogens with zero attached hydrogens (tertiary/aromatic N) is 3. The van der Waals surface area contributed by atoms with Gasteiger partial charge in [-0.1, -0.05) is 6.07 Å². The van der Waals surface area contributed by atoms with E-state index in [-0.39, 0.29) is 11.6 Å². The van der Waals surface area contributed by atoms with Crippen molar-refractivity contribution in [3.05, 3.63) is 56.0 Å². The summed E-state index contributed by atoms with van der Waals surface area (Å²) in [6.07, 6.45) is 1.74. The molecule has 6 heteroatoms. The SMILES string of the molecule is Cc1ccc(Nc2ncc3ccc(=O)n(C(C)C)c3n2)cc1I. The van der Waals surface area contributed by atoms with Crippen LogP contribution in [0.1, 0.15) is 25.5 Å². The van der Waals surface area contributed by atoms with Gasteiger partial charge in [0.1, 0.15) is 5.65 Å². The number of fused-ring (bicyclic) bond motifs is 1. The molecule has 0 radical (unpaired) electrons. The third kappa shape index (κ3) is 3.21. The molecule has 118 valence electrons. The van der Waals surface area contributed by atoms with Crippen molar-refractivity contribution in [1.82, 2.24) is 14.5 Å². The maximum atomic E-state index is 12.1. The predicted molar refractivity (Wildman–Crippen MR) is 101 cm³/mol. The van der Waals surface area contributed by atoms with Crippen LogP contribution in [0.5, 0.6) is 0 Å². The lowest BCUT2D eigenvalue weighted by Gasteiger charge is -2.13. The fourth-order valence-electron chi connectivity index (χ4n) is 2.40. The third-order valence-corrected chi connectivity index (χ3v) is 4.77. The summed E-state index contributed by atoms with van der Waals surface area (Å²) < 4.78 is 2.86. The van der Waals surface area contributed by atoms with E-state index < -0.39 is 0 Å². The predicted octanol–water partition coefficient (Wildman–Crippen LogP) is 4.03. The van der Waals surface area contributed by atoms with Crippen molar-refractivity contribution in [3.8, 4) is 0 Å². The van der Waals surface area contributed by atoms with E-state index in [9.17, 15) is 4.79 Å². The fourth-order valence-corrected chi connectivity index (χ4v) is 2.91. The molecule has 0 aliphatic heterocycles. The molecule has 0 saturated carbocycles. The largest absolute Gasteiger partial charge is 0.324 e. The molecule has 0 atom stereocenters. The molecule has 1 aromatic carbocycles. The summed E-state index contributed by atoms with van der Waals surface area (Å²) >= 11 is 2.30. The highest BCUT2D eigenvalue weighted by Gasteiger charge is 2.09. The number of halogens is 1. The Balaban J connectivity index is 2.07. The van der Waals surface area contributed by atoms with Gasteiger partial charge in [0.25, 0.3) is 5.56 Å². The first kappa shape index (κ1) is 15.9. The minimum Gasteiger partial charge on any atom is -0.324 e. The molecule has 0 fully saturated rings. The monoisotopic (exact) mass is 420 g/mol. The number of hydrogen-bond donors (Lipinski definition) is 1. The van der Waals surface area contributed by atoms with Crippen LogP contribution in [-0.2, 0) is 0 Å². The van der Waals surface area contributed by atoms with Gasteiger partial charge in [0.2, 0.25) is 5.95 Å². The number of nitrogens with one attached hydrogen (secondary N) is 1. The van der Waals surface area contributed by atoms with E-state index in [1.165, 1.54) is 9.13 Å². The molecule has 0 amide bonds. The van der Waals surface area contributed by atoms with Crippen LogP contribution >= 0.6 is 22.6 Å². The topological polar surface area (TPSA) is 59.8 Å². The second kappa shape index (κ2) is 6.27. The van der Waals surface area contributed by atoms with Crippen LogP contribution in [-0.4, -0.2) is 14.5 Å². The minimum absolute atomic E-state index is 0.0364. The van der Waals surface area contributed by atoms with Crippen LogP contribution in [0.4, 0.5) is 11.6 Å². The molecule has 3 rings (SSSR count). The van der Waals surface area contributed by atoms with Gasteiger partial charge in [-0.15, -0.1) is 0 Å². The Kier molecular flexibility index (Phi) is 4.34. The highest BCUT2D eigenvalue weighted by molar-refractivity contribution is 14.1. The number of aryl methyl sites for hydroxylation is 1. The zero-order valence-electron chi connectivity index (χ0n) is 13.2. The fraction of sp³-hybridized carbons (Fsp3) is 0.235. The van der Waals surface area contributed by atoms with Crippen molar-refractivity contribution in [3.63, 3.8) is 0 Å². The van der Waals surface area contributed by atoms with Crippen molar-refractivity contribution < 1.29 is 0 Å². The van der Waals surface area contributed by atoms with Gasteiger partial charge in [0, 0.05) is 32.9 Å². The van der Waals surface area contributed by atoms with Crippen LogP contribution in [0.15, 0.2) is 41.3 Å². The smallest absolute Gasteiger partial charge is 0.252 e. The molecule has 2 aromatic heterocycles. The highest BCUT2D eigenvalue weighted by atomic mass is 127. The second-order valence-corrected chi connectivity index (χ2v) is 6.86. The molecule has 0 aliphatic carbocycles. The minimum atomic E-state index is -0.0537. The Morgan fingerprint density at radius 2 is 2.00 bits per heavy atom. The quantitative estimate of drug-likeness (QED) is 0.651. The summed E-state index contributed by atoms with van der Waals surface area (Å²) in [6, 6.07) is 9.44. The van der Waals surface area contributed by atoms with Crippen molar-refractivity contribution >= 4 is 45.3 Å². The normalized spacial score (nSPS) is 11.2. The molecule has 5 nitrogen and oxygen atoms in total. The van der Waals surface area contributed by atoms with Gasteiger partial charge in [0.15, 0.2) is 0 Å². The van der Waals surface area contributed by atoms with Gasteiger partial charge in [-0.25, -0.2) is 4.98 Å². The maximum Gasteiger partial charge on any atom is 0.252 e. The van der Waals surface area contributed by atoms with Crippen molar-refractivity contribution in [2.45, 2.75) is 26.8 Å². The Bertz CT molecular complexity index is 934. The van der Waals surface area contributed by atoms with Crippen LogP contribution in [0.25, 0.3) is 11.0 Å². The first-order valence-corrected chi connectivity index (χ1v) is 8.45. The molecule has 0 saturated heterocycles. The second-order valence-electron chi connectivity index (χ2n) is 5.70. The Morgan fingerprint density at radius 1 is 1.22 bits per heavy atom. The van der Waals surface area contributed by atoms with Crippen molar-refractivity contribution in [1.29, 1.82) is 0 Å². The van der Waals surface area contributed by atoms with Gasteiger partial charge < -0.3 is 5.32 Å². The molecule has 23 heavy (non-hydrogen) atoms. The molecule has 0 bridgehead atoms. The van der Waals surface area contributed by atoms with E-state index in [0.29, 0.717) is 11.6 Å². The van der Waals surface area contributed by atoms with E-state index in [2.05, 4.69) is 50.9 Å². The highest BCUT2D eigenvalue weighted by Crippen LogP contribution is 2.21. The molecule has 3 aromatic rings. The summed E-state index contributed by atoms with van der Waals surface area (Å²) in [4.78, 5) is 21.0. The number of pyridine rings is 1. The third-order valence-electron chi connectivity index (χ3n) is 3.61. The van der Waals surface area contributed by atoms with Crippen LogP contribution in [0.3, 0.4) is 0 Å². The number of aromatic nitrogens is 3. The lowest BCUT2D eigenvalue weighted by molar-refractivity contribution is 0.595. The number of hydrogen-bond acceptors (Lipinski definition) is 4.